The molecule has 2 N–H and O–H groups in total. The number of pyridine rings is 1. The Balaban J connectivity index is 2.10. The van der Waals surface area contributed by atoms with Crippen molar-refractivity contribution in [1.82, 2.24) is 14.6 Å². The van der Waals surface area contributed by atoms with Crippen LogP contribution in [-0.4, -0.2) is 14.6 Å². The lowest BCUT2D eigenvalue weighted by molar-refractivity contribution is 0.426. The van der Waals surface area contributed by atoms with Gasteiger partial charge in [0.1, 0.15) is 5.82 Å². The van der Waals surface area contributed by atoms with Crippen molar-refractivity contribution in [3.05, 3.63) is 22.6 Å². The minimum Gasteiger partial charge on any atom is -0.397 e. The molecule has 1 aliphatic rings. The monoisotopic (exact) mass is 294 g/mol. The smallest absolute Gasteiger partial charge is 0.175 e. The third-order valence-corrected chi connectivity index (χ3v) is 4.06. The molecule has 3 rings (SSSR count). The van der Waals surface area contributed by atoms with Crippen LogP contribution < -0.4 is 5.73 Å². The number of nitrogens with two attached hydrogens (primary N) is 1. The first-order chi connectivity index (χ1) is 8.25. The summed E-state index contributed by atoms with van der Waals surface area (Å²) in [6.45, 7) is 0. The molecule has 0 aliphatic heterocycles. The predicted molar refractivity (Wildman–Crippen MR) is 70.9 cm³/mol. The Labute approximate surface area is 108 Å². The standard InChI is InChI=1S/C12H15BrN4/c13-10-6-9(14)7-17-11(15-16-12(10)17)8-4-2-1-3-5-8/h6-8H,1-5,14H2. The van der Waals surface area contributed by atoms with Crippen LogP contribution in [0.15, 0.2) is 16.7 Å². The fourth-order valence-corrected chi connectivity index (χ4v) is 3.16. The largest absolute Gasteiger partial charge is 0.397 e. The van der Waals surface area contributed by atoms with Gasteiger partial charge in [0.25, 0.3) is 0 Å². The normalized spacial score (nSPS) is 17.7. The Hall–Kier alpha value is -1.10. The van der Waals surface area contributed by atoms with E-state index in [0.717, 1.165) is 21.6 Å². The summed E-state index contributed by atoms with van der Waals surface area (Å²) >= 11 is 3.48. The highest BCUT2D eigenvalue weighted by Crippen LogP contribution is 2.33. The molecule has 5 heteroatoms. The molecule has 0 unspecified atom stereocenters. The van der Waals surface area contributed by atoms with Crippen molar-refractivity contribution < 1.29 is 0 Å². The van der Waals surface area contributed by atoms with Crippen LogP contribution in [0.5, 0.6) is 0 Å². The van der Waals surface area contributed by atoms with E-state index < -0.39 is 0 Å². The zero-order chi connectivity index (χ0) is 11.8. The summed E-state index contributed by atoms with van der Waals surface area (Å²) in [5.41, 5.74) is 7.47. The summed E-state index contributed by atoms with van der Waals surface area (Å²) in [6.07, 6.45) is 8.29. The van der Waals surface area contributed by atoms with Crippen molar-refractivity contribution >= 4 is 27.3 Å². The molecule has 0 amide bonds. The summed E-state index contributed by atoms with van der Waals surface area (Å²) in [5.74, 6) is 1.60. The maximum Gasteiger partial charge on any atom is 0.175 e. The number of nitrogens with zero attached hydrogens (tertiary/aromatic N) is 3. The first-order valence-corrected chi connectivity index (χ1v) is 6.84. The molecule has 0 spiro atoms. The van der Waals surface area contributed by atoms with Gasteiger partial charge >= 0.3 is 0 Å². The predicted octanol–water partition coefficient (Wildman–Crippen LogP) is 3.12. The lowest BCUT2D eigenvalue weighted by atomic mass is 9.89. The minimum absolute atomic E-state index is 0.535. The molecule has 0 bridgehead atoms. The van der Waals surface area contributed by atoms with Crippen LogP contribution >= 0.6 is 15.9 Å². The van der Waals surface area contributed by atoms with Crippen LogP contribution in [0.25, 0.3) is 5.65 Å². The summed E-state index contributed by atoms with van der Waals surface area (Å²) in [6, 6.07) is 1.87. The van der Waals surface area contributed by atoms with Gasteiger partial charge in [0.15, 0.2) is 5.65 Å². The molecule has 0 atom stereocenters. The van der Waals surface area contributed by atoms with E-state index in [9.17, 15) is 0 Å². The van der Waals surface area contributed by atoms with Crippen LogP contribution in [0.1, 0.15) is 43.8 Å². The number of rotatable bonds is 1. The molecule has 90 valence electrons. The minimum atomic E-state index is 0.535. The quantitative estimate of drug-likeness (QED) is 0.879. The highest BCUT2D eigenvalue weighted by Gasteiger charge is 2.21. The average Bonchev–Trinajstić information content (AvgIpc) is 2.74. The van der Waals surface area contributed by atoms with Crippen molar-refractivity contribution in [2.75, 3.05) is 5.73 Å². The topological polar surface area (TPSA) is 56.2 Å². The lowest BCUT2D eigenvalue weighted by Gasteiger charge is -2.19. The van der Waals surface area contributed by atoms with Crippen molar-refractivity contribution in [3.8, 4) is 0 Å². The van der Waals surface area contributed by atoms with Crippen molar-refractivity contribution in [2.45, 2.75) is 38.0 Å². The Kier molecular flexibility index (Phi) is 2.78. The van der Waals surface area contributed by atoms with Crippen molar-refractivity contribution in [1.29, 1.82) is 0 Å². The molecule has 1 fully saturated rings. The van der Waals surface area contributed by atoms with Crippen LogP contribution in [0.3, 0.4) is 0 Å². The molecule has 4 nitrogen and oxygen atoms in total. The first kappa shape index (κ1) is 11.0. The number of hydrogen-bond acceptors (Lipinski definition) is 3. The molecule has 17 heavy (non-hydrogen) atoms. The van der Waals surface area contributed by atoms with Crippen molar-refractivity contribution in [3.63, 3.8) is 0 Å². The van der Waals surface area contributed by atoms with Crippen LogP contribution in [0.2, 0.25) is 0 Å². The highest BCUT2D eigenvalue weighted by molar-refractivity contribution is 9.10. The van der Waals surface area contributed by atoms with E-state index >= 15 is 0 Å². The molecular weight excluding hydrogens is 280 g/mol. The molecular formula is C12H15BrN4. The van der Waals surface area contributed by atoms with Gasteiger partial charge in [0.2, 0.25) is 0 Å². The molecule has 2 aromatic rings. The Morgan fingerprint density at radius 3 is 2.76 bits per heavy atom. The van der Waals surface area contributed by atoms with E-state index in [2.05, 4.69) is 26.1 Å². The number of halogens is 1. The summed E-state index contributed by atoms with van der Waals surface area (Å²) < 4.78 is 2.95. The van der Waals surface area contributed by atoms with Gasteiger partial charge in [-0.1, -0.05) is 19.3 Å². The number of anilines is 1. The van der Waals surface area contributed by atoms with Gasteiger partial charge in [-0.05, 0) is 34.8 Å². The summed E-state index contributed by atoms with van der Waals surface area (Å²) in [4.78, 5) is 0. The van der Waals surface area contributed by atoms with Gasteiger partial charge in [0, 0.05) is 17.8 Å². The first-order valence-electron chi connectivity index (χ1n) is 6.05. The Bertz CT molecular complexity index is 543. The van der Waals surface area contributed by atoms with Gasteiger partial charge in [-0.3, -0.25) is 4.40 Å². The maximum atomic E-state index is 5.88. The van der Waals surface area contributed by atoms with E-state index in [1.807, 2.05) is 16.7 Å². The lowest BCUT2D eigenvalue weighted by Crippen LogP contribution is -2.09. The van der Waals surface area contributed by atoms with Crippen LogP contribution in [0.4, 0.5) is 5.69 Å². The molecule has 0 aromatic carbocycles. The molecule has 0 radical (unpaired) electrons. The van der Waals surface area contributed by atoms with Crippen LogP contribution in [-0.2, 0) is 0 Å². The number of aromatic nitrogens is 3. The highest BCUT2D eigenvalue weighted by atomic mass is 79.9. The van der Waals surface area contributed by atoms with Gasteiger partial charge in [-0.25, -0.2) is 0 Å². The number of hydrogen-bond donors (Lipinski definition) is 1. The van der Waals surface area contributed by atoms with E-state index in [4.69, 9.17) is 5.73 Å². The Morgan fingerprint density at radius 2 is 2.00 bits per heavy atom. The second-order valence-corrected chi connectivity index (χ2v) is 5.56. The molecule has 0 saturated heterocycles. The third kappa shape index (κ3) is 1.92. The number of fused-ring (bicyclic) bond motifs is 1. The fourth-order valence-electron chi connectivity index (χ4n) is 2.63. The Morgan fingerprint density at radius 1 is 1.24 bits per heavy atom. The molecule has 1 saturated carbocycles. The van der Waals surface area contributed by atoms with Crippen molar-refractivity contribution in [2.24, 2.45) is 0 Å². The summed E-state index contributed by atoms with van der Waals surface area (Å²) in [7, 11) is 0. The third-order valence-electron chi connectivity index (χ3n) is 3.48. The van der Waals surface area contributed by atoms with E-state index in [1.54, 1.807) is 0 Å². The second kappa shape index (κ2) is 4.29. The van der Waals surface area contributed by atoms with Crippen LogP contribution in [0, 0.1) is 0 Å². The average molecular weight is 295 g/mol. The van der Waals surface area contributed by atoms with Gasteiger partial charge in [-0.15, -0.1) is 10.2 Å². The molecule has 2 heterocycles. The van der Waals surface area contributed by atoms with Gasteiger partial charge in [0.05, 0.1) is 4.47 Å². The zero-order valence-electron chi connectivity index (χ0n) is 9.56. The SMILES string of the molecule is Nc1cc(Br)c2nnc(C3CCCCC3)n2c1. The van der Waals surface area contributed by atoms with E-state index in [-0.39, 0.29) is 0 Å². The molecule has 2 aromatic heterocycles. The van der Waals surface area contributed by atoms with Gasteiger partial charge in [-0.2, -0.15) is 0 Å². The maximum absolute atomic E-state index is 5.88. The number of nitrogen functional groups attached to an aromatic ring is 1. The zero-order valence-corrected chi connectivity index (χ0v) is 11.2. The summed E-state index contributed by atoms with van der Waals surface area (Å²) in [5, 5.41) is 8.59. The fraction of sp³-hybridized carbons (Fsp3) is 0.500. The van der Waals surface area contributed by atoms with E-state index in [1.165, 1.54) is 32.1 Å². The molecule has 1 aliphatic carbocycles. The van der Waals surface area contributed by atoms with E-state index in [0.29, 0.717) is 5.92 Å². The second-order valence-electron chi connectivity index (χ2n) is 4.71. The van der Waals surface area contributed by atoms with Gasteiger partial charge < -0.3 is 5.73 Å².